The summed E-state index contributed by atoms with van der Waals surface area (Å²) in [7, 11) is 1.72. The number of nitrogens with zero attached hydrogens (tertiary/aromatic N) is 1. The van der Waals surface area contributed by atoms with Gasteiger partial charge in [0.1, 0.15) is 0 Å². The number of carbonyl (C=O) groups excluding carboxylic acids is 1. The van der Waals surface area contributed by atoms with E-state index in [0.717, 1.165) is 32.7 Å². The summed E-state index contributed by atoms with van der Waals surface area (Å²) in [5.41, 5.74) is 5.46. The molecule has 1 atom stereocenters. The van der Waals surface area contributed by atoms with Crippen molar-refractivity contribution in [2.45, 2.75) is 45.2 Å². The summed E-state index contributed by atoms with van der Waals surface area (Å²) in [5, 5.41) is 3.32. The first-order valence-corrected chi connectivity index (χ1v) is 7.29. The van der Waals surface area contributed by atoms with E-state index in [1.54, 1.807) is 7.11 Å². The van der Waals surface area contributed by atoms with E-state index in [9.17, 15) is 4.79 Å². The number of rotatable bonds is 11. The Morgan fingerprint density at radius 1 is 1.42 bits per heavy atom. The van der Waals surface area contributed by atoms with Crippen LogP contribution in [0.4, 0.5) is 0 Å². The maximum Gasteiger partial charge on any atom is 0.234 e. The Balaban J connectivity index is 2.35. The highest BCUT2D eigenvalue weighted by atomic mass is 16.5. The van der Waals surface area contributed by atoms with E-state index in [0.29, 0.717) is 12.0 Å². The second kappa shape index (κ2) is 8.51. The van der Waals surface area contributed by atoms with Crippen LogP contribution in [-0.2, 0) is 9.53 Å². The Bertz CT molecular complexity index is 267. The van der Waals surface area contributed by atoms with Gasteiger partial charge in [-0.25, -0.2) is 0 Å². The summed E-state index contributed by atoms with van der Waals surface area (Å²) in [6, 6.07) is 0.319. The third-order valence-electron chi connectivity index (χ3n) is 3.33. The summed E-state index contributed by atoms with van der Waals surface area (Å²) in [4.78, 5) is 13.8. The molecule has 0 radical (unpaired) electrons. The largest absolute Gasteiger partial charge is 0.383 e. The molecule has 1 saturated carbocycles. The molecule has 3 N–H and O–H groups in total. The van der Waals surface area contributed by atoms with Crippen molar-refractivity contribution in [3.05, 3.63) is 0 Å². The SMILES string of the molecule is COCCN(CCC(NC1CC1)C(N)=O)CC(C)C. The van der Waals surface area contributed by atoms with Crippen LogP contribution in [0.5, 0.6) is 0 Å². The Hall–Kier alpha value is -0.650. The third-order valence-corrected chi connectivity index (χ3v) is 3.33. The van der Waals surface area contributed by atoms with Gasteiger partial charge in [0, 0.05) is 32.8 Å². The molecule has 1 aliphatic carbocycles. The van der Waals surface area contributed by atoms with Crippen molar-refractivity contribution < 1.29 is 9.53 Å². The number of nitrogens with two attached hydrogens (primary N) is 1. The minimum absolute atomic E-state index is 0.190. The molecule has 1 unspecified atom stereocenters. The molecule has 0 spiro atoms. The van der Waals surface area contributed by atoms with Crippen molar-refractivity contribution in [1.82, 2.24) is 10.2 Å². The first-order chi connectivity index (χ1) is 9.02. The molecule has 5 nitrogen and oxygen atoms in total. The molecular formula is C14H29N3O2. The van der Waals surface area contributed by atoms with Crippen LogP contribution in [0.3, 0.4) is 0 Å². The molecule has 0 aromatic rings. The van der Waals surface area contributed by atoms with Gasteiger partial charge in [0.05, 0.1) is 12.6 Å². The summed E-state index contributed by atoms with van der Waals surface area (Å²) in [6.45, 7) is 7.95. The van der Waals surface area contributed by atoms with Gasteiger partial charge in [0.15, 0.2) is 0 Å². The number of hydrogen-bond acceptors (Lipinski definition) is 4. The Morgan fingerprint density at radius 2 is 2.11 bits per heavy atom. The fraction of sp³-hybridized carbons (Fsp3) is 0.929. The Kier molecular flexibility index (Phi) is 7.34. The van der Waals surface area contributed by atoms with E-state index >= 15 is 0 Å². The summed E-state index contributed by atoms with van der Waals surface area (Å²) in [6.07, 6.45) is 3.12. The van der Waals surface area contributed by atoms with Crippen LogP contribution in [0, 0.1) is 5.92 Å². The first-order valence-electron chi connectivity index (χ1n) is 7.29. The molecule has 5 heteroatoms. The standard InChI is InChI=1S/C14H29N3O2/c1-11(2)10-17(8-9-19-3)7-6-13(14(15)18)16-12-4-5-12/h11-13,16H,4-10H2,1-3H3,(H2,15,18). The first kappa shape index (κ1) is 16.4. The highest BCUT2D eigenvalue weighted by Gasteiger charge is 2.27. The van der Waals surface area contributed by atoms with Crippen LogP contribution in [-0.4, -0.2) is 56.2 Å². The van der Waals surface area contributed by atoms with E-state index in [-0.39, 0.29) is 11.9 Å². The topological polar surface area (TPSA) is 67.6 Å². The predicted octanol–water partition coefficient (Wildman–Crippen LogP) is 0.587. The van der Waals surface area contributed by atoms with Crippen LogP contribution < -0.4 is 11.1 Å². The predicted molar refractivity (Wildman–Crippen MR) is 76.9 cm³/mol. The van der Waals surface area contributed by atoms with Gasteiger partial charge in [0.2, 0.25) is 5.91 Å². The maximum atomic E-state index is 11.4. The van der Waals surface area contributed by atoms with Crippen LogP contribution >= 0.6 is 0 Å². The van der Waals surface area contributed by atoms with Crippen molar-refractivity contribution in [3.8, 4) is 0 Å². The number of primary amides is 1. The number of hydrogen-bond donors (Lipinski definition) is 2. The quantitative estimate of drug-likeness (QED) is 0.577. The van der Waals surface area contributed by atoms with Gasteiger partial charge in [0.25, 0.3) is 0 Å². The van der Waals surface area contributed by atoms with Crippen molar-refractivity contribution in [2.24, 2.45) is 11.7 Å². The maximum absolute atomic E-state index is 11.4. The summed E-state index contributed by atoms with van der Waals surface area (Å²) in [5.74, 6) is 0.378. The van der Waals surface area contributed by atoms with Crippen molar-refractivity contribution in [3.63, 3.8) is 0 Å². The molecule has 0 saturated heterocycles. The number of nitrogens with one attached hydrogen (secondary N) is 1. The van der Waals surface area contributed by atoms with E-state index < -0.39 is 0 Å². The molecule has 1 fully saturated rings. The fourth-order valence-corrected chi connectivity index (χ4v) is 2.19. The summed E-state index contributed by atoms with van der Waals surface area (Å²) >= 11 is 0. The molecule has 0 heterocycles. The van der Waals surface area contributed by atoms with E-state index in [2.05, 4.69) is 24.1 Å². The van der Waals surface area contributed by atoms with E-state index in [4.69, 9.17) is 10.5 Å². The van der Waals surface area contributed by atoms with E-state index in [1.807, 2.05) is 0 Å². The lowest BCUT2D eigenvalue weighted by Gasteiger charge is -2.26. The second-order valence-corrected chi connectivity index (χ2v) is 5.87. The van der Waals surface area contributed by atoms with E-state index in [1.165, 1.54) is 12.8 Å². The lowest BCUT2D eigenvalue weighted by atomic mass is 10.1. The Morgan fingerprint density at radius 3 is 2.58 bits per heavy atom. The second-order valence-electron chi connectivity index (χ2n) is 5.87. The molecule has 0 aromatic carbocycles. The zero-order valence-electron chi connectivity index (χ0n) is 12.5. The van der Waals surface area contributed by atoms with Crippen LogP contribution in [0.25, 0.3) is 0 Å². The lowest BCUT2D eigenvalue weighted by Crippen LogP contribution is -2.45. The molecule has 1 amide bonds. The molecule has 0 bridgehead atoms. The van der Waals surface area contributed by atoms with Crippen LogP contribution in [0.1, 0.15) is 33.1 Å². The van der Waals surface area contributed by atoms with Crippen molar-refractivity contribution in [2.75, 3.05) is 33.4 Å². The number of carbonyl (C=O) groups is 1. The molecule has 0 aromatic heterocycles. The summed E-state index contributed by atoms with van der Waals surface area (Å²) < 4.78 is 5.13. The molecule has 19 heavy (non-hydrogen) atoms. The smallest absolute Gasteiger partial charge is 0.234 e. The minimum atomic E-state index is -0.233. The fourth-order valence-electron chi connectivity index (χ4n) is 2.19. The van der Waals surface area contributed by atoms with Gasteiger partial charge in [-0.15, -0.1) is 0 Å². The zero-order chi connectivity index (χ0) is 14.3. The van der Waals surface area contributed by atoms with Gasteiger partial charge >= 0.3 is 0 Å². The average molecular weight is 271 g/mol. The molecule has 1 rings (SSSR count). The third kappa shape index (κ3) is 7.50. The molecule has 1 aliphatic rings. The van der Waals surface area contributed by atoms with Gasteiger partial charge in [-0.2, -0.15) is 0 Å². The highest BCUT2D eigenvalue weighted by Crippen LogP contribution is 2.20. The number of methoxy groups -OCH3 is 1. The zero-order valence-corrected chi connectivity index (χ0v) is 12.5. The molecular weight excluding hydrogens is 242 g/mol. The number of ether oxygens (including phenoxy) is 1. The van der Waals surface area contributed by atoms with Gasteiger partial charge in [-0.3, -0.25) is 4.79 Å². The van der Waals surface area contributed by atoms with Crippen molar-refractivity contribution >= 4 is 5.91 Å². The highest BCUT2D eigenvalue weighted by molar-refractivity contribution is 5.79. The van der Waals surface area contributed by atoms with Crippen molar-refractivity contribution in [1.29, 1.82) is 0 Å². The van der Waals surface area contributed by atoms with Crippen LogP contribution in [0.15, 0.2) is 0 Å². The van der Waals surface area contributed by atoms with Gasteiger partial charge < -0.3 is 20.7 Å². The van der Waals surface area contributed by atoms with Crippen LogP contribution in [0.2, 0.25) is 0 Å². The number of amides is 1. The Labute approximate surface area is 116 Å². The van der Waals surface area contributed by atoms with Gasteiger partial charge in [-0.05, 0) is 25.2 Å². The normalized spacial score (nSPS) is 17.1. The molecule has 112 valence electrons. The monoisotopic (exact) mass is 271 g/mol. The lowest BCUT2D eigenvalue weighted by molar-refractivity contribution is -0.120. The van der Waals surface area contributed by atoms with Gasteiger partial charge in [-0.1, -0.05) is 13.8 Å². The minimum Gasteiger partial charge on any atom is -0.383 e. The average Bonchev–Trinajstić information content (AvgIpc) is 3.13. The molecule has 0 aliphatic heterocycles.